The Morgan fingerprint density at radius 3 is 2.82 bits per heavy atom. The number of rotatable bonds is 3. The van der Waals surface area contributed by atoms with Crippen LogP contribution in [0.5, 0.6) is 0 Å². The van der Waals surface area contributed by atoms with Crippen LogP contribution in [-0.2, 0) is 9.53 Å². The van der Waals surface area contributed by atoms with E-state index in [2.05, 4.69) is 0 Å². The fourth-order valence-corrected chi connectivity index (χ4v) is 0.866. The van der Waals surface area contributed by atoms with Gasteiger partial charge in [0, 0.05) is 12.2 Å². The van der Waals surface area contributed by atoms with Gasteiger partial charge in [0.25, 0.3) is 0 Å². The minimum absolute atomic E-state index is 0.268. The first kappa shape index (κ1) is 8.27. The van der Waals surface area contributed by atoms with Crippen LogP contribution in [0.3, 0.4) is 0 Å². The molecular formula is C8H12O3. The van der Waals surface area contributed by atoms with Crippen molar-refractivity contribution in [2.24, 2.45) is 0 Å². The standard InChI is InChI=1S/C8H12O3/c1-6(8(9)10)2-3-7-4-5-11-7/h2,7H,3-5H2,1H3,(H,9,10). The Bertz CT molecular complexity index is 180. The van der Waals surface area contributed by atoms with E-state index in [9.17, 15) is 4.79 Å². The van der Waals surface area contributed by atoms with Crippen LogP contribution >= 0.6 is 0 Å². The van der Waals surface area contributed by atoms with Gasteiger partial charge in [0.2, 0.25) is 0 Å². The molecule has 62 valence electrons. The summed E-state index contributed by atoms with van der Waals surface area (Å²) in [5, 5.41) is 8.48. The third-order valence-electron chi connectivity index (χ3n) is 1.82. The summed E-state index contributed by atoms with van der Waals surface area (Å²) in [6.45, 7) is 2.42. The van der Waals surface area contributed by atoms with Gasteiger partial charge >= 0.3 is 5.97 Å². The summed E-state index contributed by atoms with van der Waals surface area (Å²) < 4.78 is 5.12. The van der Waals surface area contributed by atoms with Crippen LogP contribution in [0.2, 0.25) is 0 Å². The van der Waals surface area contributed by atoms with Crippen molar-refractivity contribution in [3.05, 3.63) is 11.6 Å². The lowest BCUT2D eigenvalue weighted by Gasteiger charge is -2.25. The minimum atomic E-state index is -0.843. The molecule has 1 atom stereocenters. The molecule has 0 amide bonds. The van der Waals surface area contributed by atoms with Gasteiger partial charge in [-0.25, -0.2) is 4.79 Å². The zero-order valence-corrected chi connectivity index (χ0v) is 6.54. The van der Waals surface area contributed by atoms with Gasteiger partial charge in [0.15, 0.2) is 0 Å². The first-order valence-electron chi connectivity index (χ1n) is 3.72. The molecule has 0 spiro atoms. The maximum Gasteiger partial charge on any atom is 0.330 e. The highest BCUT2D eigenvalue weighted by Gasteiger charge is 2.16. The number of hydrogen-bond acceptors (Lipinski definition) is 2. The summed E-state index contributed by atoms with van der Waals surface area (Å²) in [5.74, 6) is -0.843. The van der Waals surface area contributed by atoms with Crippen LogP contribution in [-0.4, -0.2) is 23.8 Å². The fraction of sp³-hybridized carbons (Fsp3) is 0.625. The van der Waals surface area contributed by atoms with Crippen molar-refractivity contribution in [3.8, 4) is 0 Å². The molecule has 0 aromatic heterocycles. The highest BCUT2D eigenvalue weighted by Crippen LogP contribution is 2.15. The monoisotopic (exact) mass is 156 g/mol. The van der Waals surface area contributed by atoms with E-state index in [4.69, 9.17) is 9.84 Å². The number of ether oxygens (including phenoxy) is 1. The number of carboxylic acids is 1. The van der Waals surface area contributed by atoms with Crippen molar-refractivity contribution in [2.75, 3.05) is 6.61 Å². The molecule has 3 nitrogen and oxygen atoms in total. The topological polar surface area (TPSA) is 46.5 Å². The number of carbonyl (C=O) groups is 1. The van der Waals surface area contributed by atoms with E-state index in [0.29, 0.717) is 5.57 Å². The fourth-order valence-electron chi connectivity index (χ4n) is 0.866. The average molecular weight is 156 g/mol. The highest BCUT2D eigenvalue weighted by atomic mass is 16.5. The molecule has 0 aliphatic carbocycles. The second kappa shape index (κ2) is 3.53. The predicted molar refractivity (Wildman–Crippen MR) is 40.4 cm³/mol. The molecule has 0 saturated carbocycles. The summed E-state index contributed by atoms with van der Waals surface area (Å²) in [5.41, 5.74) is 0.403. The zero-order chi connectivity index (χ0) is 8.27. The molecule has 0 aromatic rings. The summed E-state index contributed by atoms with van der Waals surface area (Å²) in [4.78, 5) is 10.3. The van der Waals surface area contributed by atoms with Crippen LogP contribution in [0.1, 0.15) is 19.8 Å². The van der Waals surface area contributed by atoms with Crippen molar-refractivity contribution in [2.45, 2.75) is 25.9 Å². The first-order chi connectivity index (χ1) is 5.20. The quantitative estimate of drug-likeness (QED) is 0.624. The van der Waals surface area contributed by atoms with E-state index in [1.54, 1.807) is 13.0 Å². The molecule has 11 heavy (non-hydrogen) atoms. The molecule has 1 rings (SSSR count). The van der Waals surface area contributed by atoms with Gasteiger partial charge in [-0.2, -0.15) is 0 Å². The van der Waals surface area contributed by atoms with E-state index in [0.717, 1.165) is 19.4 Å². The molecule has 1 N–H and O–H groups in total. The lowest BCUT2D eigenvalue weighted by Crippen LogP contribution is -2.25. The van der Waals surface area contributed by atoms with Gasteiger partial charge in [-0.3, -0.25) is 0 Å². The smallest absolute Gasteiger partial charge is 0.330 e. The maximum absolute atomic E-state index is 10.3. The Labute approximate surface area is 65.7 Å². The van der Waals surface area contributed by atoms with E-state index in [-0.39, 0.29) is 6.10 Å². The molecule has 3 heteroatoms. The Morgan fingerprint density at radius 2 is 2.45 bits per heavy atom. The molecule has 0 radical (unpaired) electrons. The van der Waals surface area contributed by atoms with Gasteiger partial charge in [0.05, 0.1) is 6.10 Å². The normalized spacial score (nSPS) is 24.5. The van der Waals surface area contributed by atoms with Crippen LogP contribution in [0, 0.1) is 0 Å². The zero-order valence-electron chi connectivity index (χ0n) is 6.54. The Hall–Kier alpha value is -0.830. The maximum atomic E-state index is 10.3. The van der Waals surface area contributed by atoms with Gasteiger partial charge in [-0.05, 0) is 19.8 Å². The molecule has 0 aromatic carbocycles. The van der Waals surface area contributed by atoms with Crippen LogP contribution in [0.15, 0.2) is 11.6 Å². The SMILES string of the molecule is CC(=CCC1CCO1)C(=O)O. The van der Waals surface area contributed by atoms with E-state index in [1.165, 1.54) is 0 Å². The molecular weight excluding hydrogens is 144 g/mol. The summed E-state index contributed by atoms with van der Waals surface area (Å²) in [6.07, 6.45) is 3.78. The summed E-state index contributed by atoms with van der Waals surface area (Å²) in [7, 11) is 0. The lowest BCUT2D eigenvalue weighted by molar-refractivity contribution is -0.132. The Morgan fingerprint density at radius 1 is 1.82 bits per heavy atom. The second-order valence-corrected chi connectivity index (χ2v) is 2.71. The summed E-state index contributed by atoms with van der Waals surface area (Å²) in [6, 6.07) is 0. The van der Waals surface area contributed by atoms with Crippen molar-refractivity contribution in [1.82, 2.24) is 0 Å². The number of aliphatic carboxylic acids is 1. The van der Waals surface area contributed by atoms with Crippen molar-refractivity contribution in [1.29, 1.82) is 0 Å². The second-order valence-electron chi connectivity index (χ2n) is 2.71. The average Bonchev–Trinajstić information content (AvgIpc) is 1.83. The Kier molecular flexibility index (Phi) is 2.65. The number of hydrogen-bond donors (Lipinski definition) is 1. The third kappa shape index (κ3) is 2.35. The van der Waals surface area contributed by atoms with Crippen LogP contribution in [0.25, 0.3) is 0 Å². The van der Waals surface area contributed by atoms with Crippen LogP contribution < -0.4 is 0 Å². The highest BCUT2D eigenvalue weighted by molar-refractivity contribution is 5.85. The van der Waals surface area contributed by atoms with E-state index in [1.807, 2.05) is 0 Å². The summed E-state index contributed by atoms with van der Waals surface area (Å²) >= 11 is 0. The van der Waals surface area contributed by atoms with E-state index >= 15 is 0 Å². The van der Waals surface area contributed by atoms with Gasteiger partial charge in [0.1, 0.15) is 0 Å². The third-order valence-corrected chi connectivity index (χ3v) is 1.82. The molecule has 1 saturated heterocycles. The molecule has 1 fully saturated rings. The van der Waals surface area contributed by atoms with Gasteiger partial charge < -0.3 is 9.84 Å². The predicted octanol–water partition coefficient (Wildman–Crippen LogP) is 1.20. The van der Waals surface area contributed by atoms with Crippen LogP contribution in [0.4, 0.5) is 0 Å². The Balaban J connectivity index is 2.27. The van der Waals surface area contributed by atoms with Gasteiger partial charge in [-0.15, -0.1) is 0 Å². The van der Waals surface area contributed by atoms with Crippen molar-refractivity contribution >= 4 is 5.97 Å². The molecule has 1 heterocycles. The van der Waals surface area contributed by atoms with E-state index < -0.39 is 5.97 Å². The first-order valence-corrected chi connectivity index (χ1v) is 3.72. The van der Waals surface area contributed by atoms with Gasteiger partial charge in [-0.1, -0.05) is 6.08 Å². The van der Waals surface area contributed by atoms with Crippen molar-refractivity contribution < 1.29 is 14.6 Å². The minimum Gasteiger partial charge on any atom is -0.478 e. The molecule has 1 unspecified atom stereocenters. The molecule has 1 aliphatic rings. The largest absolute Gasteiger partial charge is 0.478 e. The number of carboxylic acid groups (broad SMARTS) is 1. The molecule has 0 bridgehead atoms. The van der Waals surface area contributed by atoms with Crippen molar-refractivity contribution in [3.63, 3.8) is 0 Å². The molecule has 1 aliphatic heterocycles. The lowest BCUT2D eigenvalue weighted by atomic mass is 10.1.